The van der Waals surface area contributed by atoms with E-state index in [0.29, 0.717) is 44.2 Å². The third kappa shape index (κ3) is 5.67. The van der Waals surface area contributed by atoms with Crippen LogP contribution in [-0.4, -0.2) is 31.9 Å². The molecule has 3 aromatic rings. The Kier molecular flexibility index (Phi) is 7.46. The summed E-state index contributed by atoms with van der Waals surface area (Å²) in [6.07, 6.45) is 5.26. The van der Waals surface area contributed by atoms with Crippen LogP contribution in [0.15, 0.2) is 48.5 Å². The lowest BCUT2D eigenvalue weighted by molar-refractivity contribution is -0.264. The van der Waals surface area contributed by atoms with Crippen molar-refractivity contribution in [2.24, 2.45) is 11.3 Å². The van der Waals surface area contributed by atoms with Gasteiger partial charge in [0.25, 0.3) is 0 Å². The molecule has 0 radical (unpaired) electrons. The monoisotopic (exact) mass is 554 g/mol. The third-order valence-electron chi connectivity index (χ3n) is 9.43. The fourth-order valence-electron chi connectivity index (χ4n) is 6.90. The fraction of sp³-hybridized carbons (Fsp3) is 0.472. The first-order valence-corrected chi connectivity index (χ1v) is 15.0. The Morgan fingerprint density at radius 2 is 1.66 bits per heavy atom. The molecule has 6 rings (SSSR count). The van der Waals surface area contributed by atoms with Crippen LogP contribution in [0.1, 0.15) is 72.4 Å². The summed E-state index contributed by atoms with van der Waals surface area (Å²) in [6.45, 7) is 12.8. The molecule has 2 fully saturated rings. The zero-order chi connectivity index (χ0) is 28.8. The van der Waals surface area contributed by atoms with Crippen molar-refractivity contribution in [3.8, 4) is 22.6 Å². The van der Waals surface area contributed by atoms with Gasteiger partial charge in [-0.2, -0.15) is 0 Å². The van der Waals surface area contributed by atoms with E-state index in [9.17, 15) is 4.79 Å². The minimum atomic E-state index is -0.509. The molecule has 1 aliphatic heterocycles. The first-order chi connectivity index (χ1) is 19.7. The molecule has 1 spiro atoms. The van der Waals surface area contributed by atoms with Crippen molar-refractivity contribution in [1.82, 2.24) is 0 Å². The smallest absolute Gasteiger partial charge is 0.162 e. The zero-order valence-corrected chi connectivity index (χ0v) is 25.0. The van der Waals surface area contributed by atoms with Gasteiger partial charge < -0.3 is 23.7 Å². The van der Waals surface area contributed by atoms with Crippen LogP contribution in [0.4, 0.5) is 0 Å². The van der Waals surface area contributed by atoms with Crippen molar-refractivity contribution in [3.05, 3.63) is 81.9 Å². The lowest BCUT2D eigenvalue weighted by Gasteiger charge is -2.34. The van der Waals surface area contributed by atoms with Gasteiger partial charge in [-0.25, -0.2) is 0 Å². The molecule has 41 heavy (non-hydrogen) atoms. The SMILES string of the molecule is Cc1cc(OCC2COC(C)(C)OC2)cc(C)c1-c1cccc(COc2ccc3c(c2)CC2(CC2)C3CC=O)c1C. The van der Waals surface area contributed by atoms with Crippen LogP contribution in [0.3, 0.4) is 0 Å². The number of aldehydes is 1. The number of carbonyl (C=O) groups is 1. The van der Waals surface area contributed by atoms with E-state index in [1.165, 1.54) is 57.3 Å². The average molecular weight is 555 g/mol. The molecular formula is C36H42O5. The van der Waals surface area contributed by atoms with Crippen molar-refractivity contribution in [3.63, 3.8) is 0 Å². The molecule has 1 heterocycles. The second-order valence-electron chi connectivity index (χ2n) is 12.9. The van der Waals surface area contributed by atoms with E-state index in [-0.39, 0.29) is 5.92 Å². The Hall–Kier alpha value is -3.15. The molecule has 5 nitrogen and oxygen atoms in total. The van der Waals surface area contributed by atoms with Gasteiger partial charge in [0.05, 0.1) is 19.8 Å². The number of fused-ring (bicyclic) bond motifs is 1. The molecule has 2 aliphatic carbocycles. The van der Waals surface area contributed by atoms with Gasteiger partial charge in [-0.05, 0) is 134 Å². The number of ether oxygens (including phenoxy) is 4. The molecule has 0 amide bonds. The highest BCUT2D eigenvalue weighted by Crippen LogP contribution is 2.64. The van der Waals surface area contributed by atoms with Gasteiger partial charge in [0.2, 0.25) is 0 Å². The average Bonchev–Trinajstić information content (AvgIpc) is 3.64. The predicted molar refractivity (Wildman–Crippen MR) is 161 cm³/mol. The van der Waals surface area contributed by atoms with Crippen LogP contribution in [-0.2, 0) is 27.3 Å². The number of benzene rings is 3. The summed E-state index contributed by atoms with van der Waals surface area (Å²) in [5.41, 5.74) is 10.3. The molecule has 1 saturated carbocycles. The number of aryl methyl sites for hydroxylation is 2. The van der Waals surface area contributed by atoms with Crippen molar-refractivity contribution < 1.29 is 23.7 Å². The lowest BCUT2D eigenvalue weighted by atomic mass is 9.87. The Labute approximate surface area is 244 Å². The lowest BCUT2D eigenvalue weighted by Crippen LogP contribution is -2.41. The van der Waals surface area contributed by atoms with Crippen molar-refractivity contribution in [1.29, 1.82) is 0 Å². The highest BCUT2D eigenvalue weighted by Gasteiger charge is 2.53. The van der Waals surface area contributed by atoms with Gasteiger partial charge in [0.15, 0.2) is 5.79 Å². The van der Waals surface area contributed by atoms with Crippen molar-refractivity contribution in [2.75, 3.05) is 19.8 Å². The van der Waals surface area contributed by atoms with E-state index < -0.39 is 5.79 Å². The molecule has 0 N–H and O–H groups in total. The maximum absolute atomic E-state index is 11.3. The summed E-state index contributed by atoms with van der Waals surface area (Å²) in [7, 11) is 0. The number of carbonyl (C=O) groups excluding carboxylic acids is 1. The van der Waals surface area contributed by atoms with Crippen LogP contribution < -0.4 is 9.47 Å². The van der Waals surface area contributed by atoms with Gasteiger partial charge in [-0.3, -0.25) is 0 Å². The van der Waals surface area contributed by atoms with Crippen molar-refractivity contribution >= 4 is 6.29 Å². The Balaban J connectivity index is 1.14. The van der Waals surface area contributed by atoms with Gasteiger partial charge in [0, 0.05) is 12.3 Å². The first kappa shape index (κ1) is 28.0. The van der Waals surface area contributed by atoms with Gasteiger partial charge in [-0.15, -0.1) is 0 Å². The quantitative estimate of drug-likeness (QED) is 0.254. The summed E-state index contributed by atoms with van der Waals surface area (Å²) in [4.78, 5) is 11.3. The zero-order valence-electron chi connectivity index (χ0n) is 25.0. The van der Waals surface area contributed by atoms with E-state index in [1.807, 2.05) is 13.8 Å². The van der Waals surface area contributed by atoms with Crippen LogP contribution in [0, 0.1) is 32.1 Å². The molecule has 3 aromatic carbocycles. The van der Waals surface area contributed by atoms with Gasteiger partial charge in [-0.1, -0.05) is 24.3 Å². The summed E-state index contributed by atoms with van der Waals surface area (Å²) in [5.74, 6) is 1.88. The molecule has 3 aliphatic rings. The minimum Gasteiger partial charge on any atom is -0.493 e. The predicted octanol–water partition coefficient (Wildman–Crippen LogP) is 7.64. The summed E-state index contributed by atoms with van der Waals surface area (Å²) in [6, 6.07) is 17.2. The van der Waals surface area contributed by atoms with E-state index in [0.717, 1.165) is 24.2 Å². The molecule has 216 valence electrons. The Bertz CT molecular complexity index is 1420. The minimum absolute atomic E-state index is 0.223. The maximum atomic E-state index is 11.3. The van der Waals surface area contributed by atoms with Crippen LogP contribution in [0.25, 0.3) is 11.1 Å². The number of hydrogen-bond acceptors (Lipinski definition) is 5. The third-order valence-corrected chi connectivity index (χ3v) is 9.43. The topological polar surface area (TPSA) is 54.0 Å². The highest BCUT2D eigenvalue weighted by atomic mass is 16.7. The molecule has 5 heteroatoms. The van der Waals surface area contributed by atoms with Crippen LogP contribution in [0.2, 0.25) is 0 Å². The summed E-state index contributed by atoms with van der Waals surface area (Å²) in [5, 5.41) is 0. The normalized spacial score (nSPS) is 20.6. The molecule has 0 bridgehead atoms. The van der Waals surface area contributed by atoms with Gasteiger partial charge in [0.1, 0.15) is 24.4 Å². The second kappa shape index (κ2) is 10.9. The van der Waals surface area contributed by atoms with Crippen molar-refractivity contribution in [2.45, 2.75) is 78.6 Å². The van der Waals surface area contributed by atoms with E-state index in [2.05, 4.69) is 69.3 Å². The molecule has 1 saturated heterocycles. The standard InChI is InChI=1S/C36H42O5/c1-23-15-30(38-19-26-20-40-35(4,5)41-21-26)16-24(2)34(23)31-8-6-7-27(25(31)3)22-39-29-9-10-32-28(17-29)18-36(12-13-36)33(32)11-14-37/h6-10,14-17,26,33H,11-13,18-22H2,1-5H3. The van der Waals surface area contributed by atoms with Gasteiger partial charge >= 0.3 is 0 Å². The number of rotatable bonds is 9. The second-order valence-corrected chi connectivity index (χ2v) is 12.9. The highest BCUT2D eigenvalue weighted by molar-refractivity contribution is 5.75. The molecule has 1 unspecified atom stereocenters. The van der Waals surface area contributed by atoms with Crippen LogP contribution >= 0.6 is 0 Å². The molecule has 1 atom stereocenters. The fourth-order valence-corrected chi connectivity index (χ4v) is 6.90. The maximum Gasteiger partial charge on any atom is 0.162 e. The number of hydrogen-bond donors (Lipinski definition) is 0. The van der Waals surface area contributed by atoms with Crippen LogP contribution in [0.5, 0.6) is 11.5 Å². The summed E-state index contributed by atoms with van der Waals surface area (Å²) >= 11 is 0. The van der Waals surface area contributed by atoms with E-state index in [4.69, 9.17) is 18.9 Å². The summed E-state index contributed by atoms with van der Waals surface area (Å²) < 4.78 is 24.1. The van der Waals surface area contributed by atoms with E-state index >= 15 is 0 Å². The molecular weight excluding hydrogens is 512 g/mol. The largest absolute Gasteiger partial charge is 0.493 e. The first-order valence-electron chi connectivity index (χ1n) is 15.0. The Morgan fingerprint density at radius 1 is 0.927 bits per heavy atom. The Morgan fingerprint density at radius 3 is 2.34 bits per heavy atom. The molecule has 0 aromatic heterocycles. The van der Waals surface area contributed by atoms with E-state index in [1.54, 1.807) is 0 Å².